The van der Waals surface area contributed by atoms with Gasteiger partial charge < -0.3 is 9.64 Å². The van der Waals surface area contributed by atoms with E-state index in [1.54, 1.807) is 11.0 Å². The third-order valence-corrected chi connectivity index (χ3v) is 4.28. The average Bonchev–Trinajstić information content (AvgIpc) is 2.59. The van der Waals surface area contributed by atoms with Crippen molar-refractivity contribution in [2.75, 3.05) is 19.7 Å². The molecule has 122 valence electrons. The van der Waals surface area contributed by atoms with Crippen molar-refractivity contribution in [2.24, 2.45) is 0 Å². The van der Waals surface area contributed by atoms with Crippen LogP contribution in [-0.4, -0.2) is 46.4 Å². The average molecular weight is 315 g/mol. The molecule has 1 fully saturated rings. The van der Waals surface area contributed by atoms with Gasteiger partial charge in [0.2, 0.25) is 5.91 Å². The molecule has 2 heterocycles. The molecule has 2 aromatic rings. The van der Waals surface area contributed by atoms with Gasteiger partial charge in [0.05, 0.1) is 23.8 Å². The number of hydrogen-bond donors (Lipinski definition) is 0. The second-order valence-electron chi connectivity index (χ2n) is 5.83. The lowest BCUT2D eigenvalue weighted by atomic mass is 10.1. The minimum Gasteiger partial charge on any atom is -0.375 e. The quantitative estimate of drug-likeness (QED) is 0.857. The number of benzene rings is 1. The Balaban J connectivity index is 1.85. The van der Waals surface area contributed by atoms with E-state index in [9.17, 15) is 9.59 Å². The summed E-state index contributed by atoms with van der Waals surface area (Å²) < 4.78 is 6.85. The van der Waals surface area contributed by atoms with Crippen LogP contribution in [0.2, 0.25) is 0 Å². The number of hydrogen-bond acceptors (Lipinski definition) is 4. The maximum atomic E-state index is 12.5. The molecule has 0 aliphatic carbocycles. The van der Waals surface area contributed by atoms with Gasteiger partial charge >= 0.3 is 0 Å². The molecule has 0 radical (unpaired) electrons. The largest absolute Gasteiger partial charge is 0.375 e. The minimum absolute atomic E-state index is 0.0268. The van der Waals surface area contributed by atoms with Crippen LogP contribution in [0.5, 0.6) is 0 Å². The molecule has 0 N–H and O–H groups in total. The first-order valence-electron chi connectivity index (χ1n) is 7.96. The van der Waals surface area contributed by atoms with Crippen molar-refractivity contribution in [3.05, 3.63) is 40.3 Å². The molecule has 6 heteroatoms. The second-order valence-corrected chi connectivity index (χ2v) is 5.83. The summed E-state index contributed by atoms with van der Waals surface area (Å²) in [6.45, 7) is 5.56. The van der Waals surface area contributed by atoms with Crippen molar-refractivity contribution in [2.45, 2.75) is 32.9 Å². The van der Waals surface area contributed by atoms with Gasteiger partial charge in [0, 0.05) is 18.5 Å². The maximum Gasteiger partial charge on any atom is 0.275 e. The number of nitrogens with zero attached hydrogens (tertiary/aromatic N) is 3. The Bertz CT molecular complexity index is 784. The Kier molecular flexibility index (Phi) is 4.43. The molecular formula is C17H21N3O3. The molecular weight excluding hydrogens is 294 g/mol. The normalized spacial score (nSPS) is 18.3. The van der Waals surface area contributed by atoms with Gasteiger partial charge in [-0.2, -0.15) is 5.10 Å². The molecule has 1 amide bonds. The van der Waals surface area contributed by atoms with Crippen LogP contribution in [0.1, 0.15) is 19.0 Å². The maximum absolute atomic E-state index is 12.5. The van der Waals surface area contributed by atoms with Crippen LogP contribution >= 0.6 is 0 Å². The third kappa shape index (κ3) is 3.12. The summed E-state index contributed by atoms with van der Waals surface area (Å²) >= 11 is 0. The Morgan fingerprint density at radius 1 is 1.35 bits per heavy atom. The molecule has 0 spiro atoms. The lowest BCUT2D eigenvalue weighted by molar-refractivity contribution is -0.139. The summed E-state index contributed by atoms with van der Waals surface area (Å²) in [5.74, 6) is -0.0870. The Morgan fingerprint density at radius 2 is 2.09 bits per heavy atom. The number of rotatable bonds is 3. The first-order chi connectivity index (χ1) is 11.1. The second kappa shape index (κ2) is 6.50. The molecule has 6 nitrogen and oxygen atoms in total. The minimum atomic E-state index is -0.222. The van der Waals surface area contributed by atoms with Crippen molar-refractivity contribution in [1.82, 2.24) is 14.7 Å². The number of carbonyl (C=O) groups excluding carboxylic acids is 1. The molecule has 0 unspecified atom stereocenters. The predicted molar refractivity (Wildman–Crippen MR) is 87.4 cm³/mol. The van der Waals surface area contributed by atoms with Crippen LogP contribution < -0.4 is 5.56 Å². The molecule has 1 saturated heterocycles. The zero-order chi connectivity index (χ0) is 16.4. The molecule has 1 aromatic heterocycles. The number of ether oxygens (including phenoxy) is 1. The highest BCUT2D eigenvalue weighted by Gasteiger charge is 2.23. The molecule has 1 aromatic carbocycles. The topological polar surface area (TPSA) is 64.4 Å². The predicted octanol–water partition coefficient (Wildman–Crippen LogP) is 1.34. The summed E-state index contributed by atoms with van der Waals surface area (Å²) in [6, 6.07) is 7.35. The lowest BCUT2D eigenvalue weighted by Crippen LogP contribution is -2.47. The SMILES string of the molecule is CC[C@@H]1CN(C(=O)Cn2nc(C)c3ccccc3c2=O)CCO1. The van der Waals surface area contributed by atoms with Crippen molar-refractivity contribution < 1.29 is 9.53 Å². The highest BCUT2D eigenvalue weighted by molar-refractivity contribution is 5.83. The van der Waals surface area contributed by atoms with Crippen LogP contribution in [-0.2, 0) is 16.1 Å². The standard InChI is InChI=1S/C17H21N3O3/c1-3-13-10-19(8-9-23-13)16(21)11-20-17(22)15-7-5-4-6-14(15)12(2)18-20/h4-7,13H,3,8-11H2,1-2H3/t13-/m1/s1. The van der Waals surface area contributed by atoms with Crippen LogP contribution in [0, 0.1) is 6.92 Å². The summed E-state index contributed by atoms with van der Waals surface area (Å²) in [4.78, 5) is 26.8. The lowest BCUT2D eigenvalue weighted by Gasteiger charge is -2.32. The number of fused-ring (bicyclic) bond motifs is 1. The summed E-state index contributed by atoms with van der Waals surface area (Å²) in [5.41, 5.74) is 0.529. The van der Waals surface area contributed by atoms with E-state index in [2.05, 4.69) is 5.10 Å². The zero-order valence-corrected chi connectivity index (χ0v) is 13.5. The molecule has 1 aliphatic rings. The first kappa shape index (κ1) is 15.7. The number of aromatic nitrogens is 2. The van der Waals surface area contributed by atoms with Gasteiger partial charge in [-0.3, -0.25) is 9.59 Å². The van der Waals surface area contributed by atoms with Crippen LogP contribution in [0.15, 0.2) is 29.1 Å². The van der Waals surface area contributed by atoms with E-state index < -0.39 is 0 Å². The van der Waals surface area contributed by atoms with E-state index in [1.807, 2.05) is 32.0 Å². The van der Waals surface area contributed by atoms with E-state index in [0.717, 1.165) is 17.5 Å². The Morgan fingerprint density at radius 3 is 2.83 bits per heavy atom. The third-order valence-electron chi connectivity index (χ3n) is 4.28. The fourth-order valence-electron chi connectivity index (χ4n) is 2.93. The number of aryl methyl sites for hydroxylation is 1. The van der Waals surface area contributed by atoms with Crippen molar-refractivity contribution >= 4 is 16.7 Å². The Hall–Kier alpha value is -2.21. The first-order valence-corrected chi connectivity index (χ1v) is 7.96. The van der Waals surface area contributed by atoms with Gasteiger partial charge in [0.25, 0.3) is 5.56 Å². The summed E-state index contributed by atoms with van der Waals surface area (Å²) in [5, 5.41) is 5.73. The van der Waals surface area contributed by atoms with E-state index in [1.165, 1.54) is 4.68 Å². The van der Waals surface area contributed by atoms with E-state index in [0.29, 0.717) is 25.1 Å². The van der Waals surface area contributed by atoms with Crippen LogP contribution in [0.3, 0.4) is 0 Å². The summed E-state index contributed by atoms with van der Waals surface area (Å²) in [7, 11) is 0. The Labute approximate surface area is 134 Å². The highest BCUT2D eigenvalue weighted by atomic mass is 16.5. The fraction of sp³-hybridized carbons (Fsp3) is 0.471. The van der Waals surface area contributed by atoms with Gasteiger partial charge in [-0.05, 0) is 19.4 Å². The highest BCUT2D eigenvalue weighted by Crippen LogP contribution is 2.12. The molecule has 1 atom stereocenters. The monoisotopic (exact) mass is 315 g/mol. The molecule has 0 bridgehead atoms. The van der Waals surface area contributed by atoms with E-state index in [4.69, 9.17) is 4.74 Å². The smallest absolute Gasteiger partial charge is 0.275 e. The number of amides is 1. The van der Waals surface area contributed by atoms with Crippen LogP contribution in [0.4, 0.5) is 0 Å². The van der Waals surface area contributed by atoms with E-state index in [-0.39, 0.29) is 24.1 Å². The van der Waals surface area contributed by atoms with Crippen LogP contribution in [0.25, 0.3) is 10.8 Å². The number of morpholine rings is 1. The number of carbonyl (C=O) groups is 1. The van der Waals surface area contributed by atoms with Crippen molar-refractivity contribution in [3.8, 4) is 0 Å². The zero-order valence-electron chi connectivity index (χ0n) is 13.5. The summed E-state index contributed by atoms with van der Waals surface area (Å²) in [6.07, 6.45) is 0.951. The van der Waals surface area contributed by atoms with Gasteiger partial charge in [-0.15, -0.1) is 0 Å². The van der Waals surface area contributed by atoms with Gasteiger partial charge in [-0.1, -0.05) is 25.1 Å². The molecule has 0 saturated carbocycles. The van der Waals surface area contributed by atoms with Crippen molar-refractivity contribution in [1.29, 1.82) is 0 Å². The molecule has 23 heavy (non-hydrogen) atoms. The van der Waals surface area contributed by atoms with Gasteiger partial charge in [0.1, 0.15) is 6.54 Å². The van der Waals surface area contributed by atoms with Gasteiger partial charge in [-0.25, -0.2) is 4.68 Å². The molecule has 1 aliphatic heterocycles. The van der Waals surface area contributed by atoms with Gasteiger partial charge in [0.15, 0.2) is 0 Å². The van der Waals surface area contributed by atoms with Crippen molar-refractivity contribution in [3.63, 3.8) is 0 Å². The fourth-order valence-corrected chi connectivity index (χ4v) is 2.93. The van der Waals surface area contributed by atoms with E-state index >= 15 is 0 Å². The molecule has 3 rings (SSSR count).